The van der Waals surface area contributed by atoms with E-state index in [1.807, 2.05) is 12.1 Å². The predicted octanol–water partition coefficient (Wildman–Crippen LogP) is 3.03. The fraction of sp³-hybridized carbons (Fsp3) is 0.375. The Morgan fingerprint density at radius 2 is 1.84 bits per heavy atom. The third kappa shape index (κ3) is 4.61. The topological polar surface area (TPSA) is 77.1 Å². The van der Waals surface area contributed by atoms with Crippen LogP contribution in [0.3, 0.4) is 0 Å². The van der Waals surface area contributed by atoms with Gasteiger partial charge in [-0.25, -0.2) is 0 Å². The van der Waals surface area contributed by atoms with Crippen molar-refractivity contribution in [3.8, 4) is 22.6 Å². The number of amides is 1. The molecule has 1 saturated heterocycles. The minimum Gasteiger partial charge on any atom is -0.369 e. The van der Waals surface area contributed by atoms with Crippen molar-refractivity contribution < 1.29 is 4.79 Å². The molecule has 0 radical (unpaired) electrons. The molecule has 2 N–H and O–H groups in total. The van der Waals surface area contributed by atoms with Gasteiger partial charge in [-0.05, 0) is 56.1 Å². The summed E-state index contributed by atoms with van der Waals surface area (Å²) in [6.07, 6.45) is 4.11. The van der Waals surface area contributed by atoms with Gasteiger partial charge in [-0.1, -0.05) is 12.1 Å². The predicted molar refractivity (Wildman–Crippen MR) is 122 cm³/mol. The van der Waals surface area contributed by atoms with E-state index in [9.17, 15) is 4.79 Å². The van der Waals surface area contributed by atoms with Gasteiger partial charge in [0.1, 0.15) is 0 Å². The van der Waals surface area contributed by atoms with Gasteiger partial charge in [0, 0.05) is 55.7 Å². The summed E-state index contributed by atoms with van der Waals surface area (Å²) in [7, 11) is 2.17. The second-order valence-corrected chi connectivity index (χ2v) is 8.59. The van der Waals surface area contributed by atoms with Crippen LogP contribution in [0.15, 0.2) is 48.7 Å². The number of hydrogen-bond acceptors (Lipinski definition) is 5. The number of carbonyl (C=O) groups is 1. The molecule has 160 valence electrons. The van der Waals surface area contributed by atoms with E-state index < -0.39 is 0 Å². The number of carbonyl (C=O) groups excluding carboxylic acids is 1. The average molecular weight is 417 g/mol. The number of aromatic nitrogens is 3. The molecule has 2 aromatic heterocycles. The van der Waals surface area contributed by atoms with Crippen molar-refractivity contribution in [1.29, 1.82) is 0 Å². The van der Waals surface area contributed by atoms with Crippen molar-refractivity contribution in [1.82, 2.24) is 25.4 Å². The van der Waals surface area contributed by atoms with Crippen LogP contribution in [0.2, 0.25) is 0 Å². The third-order valence-electron chi connectivity index (χ3n) is 6.16. The zero-order valence-corrected chi connectivity index (χ0v) is 17.8. The maximum Gasteiger partial charge on any atom is 0.251 e. The Morgan fingerprint density at radius 1 is 1.06 bits per heavy atom. The van der Waals surface area contributed by atoms with Crippen LogP contribution in [0, 0.1) is 5.92 Å². The van der Waals surface area contributed by atoms with Gasteiger partial charge in [0.2, 0.25) is 0 Å². The van der Waals surface area contributed by atoms with Crippen molar-refractivity contribution in [2.24, 2.45) is 5.92 Å². The number of hydrogen-bond donors (Lipinski definition) is 2. The van der Waals surface area contributed by atoms with Crippen molar-refractivity contribution >= 4 is 11.6 Å². The van der Waals surface area contributed by atoms with Gasteiger partial charge in [0.25, 0.3) is 5.91 Å². The van der Waals surface area contributed by atoms with Crippen molar-refractivity contribution in [3.05, 3.63) is 54.2 Å². The highest BCUT2D eigenvalue weighted by Crippen LogP contribution is 2.28. The maximum absolute atomic E-state index is 12.4. The third-order valence-corrected chi connectivity index (χ3v) is 6.16. The van der Waals surface area contributed by atoms with Gasteiger partial charge >= 0.3 is 0 Å². The molecule has 7 heteroatoms. The summed E-state index contributed by atoms with van der Waals surface area (Å²) in [5.41, 5.74) is 5.31. The molecule has 5 rings (SSSR count). The quantitative estimate of drug-likeness (QED) is 0.646. The van der Waals surface area contributed by atoms with E-state index in [1.54, 1.807) is 12.3 Å². The van der Waals surface area contributed by atoms with Crippen LogP contribution in [0.25, 0.3) is 22.6 Å². The molecule has 0 unspecified atom stereocenters. The van der Waals surface area contributed by atoms with Crippen molar-refractivity contribution in [3.63, 3.8) is 0 Å². The lowest BCUT2D eigenvalue weighted by atomic mass is 10.1. The first kappa shape index (κ1) is 19.8. The van der Waals surface area contributed by atoms with Gasteiger partial charge < -0.3 is 15.1 Å². The second-order valence-electron chi connectivity index (χ2n) is 8.59. The van der Waals surface area contributed by atoms with Crippen LogP contribution >= 0.6 is 0 Å². The molecule has 7 nitrogen and oxygen atoms in total. The Hall–Kier alpha value is -3.19. The first-order chi connectivity index (χ1) is 15.2. The Balaban J connectivity index is 1.28. The van der Waals surface area contributed by atoms with Crippen LogP contribution < -0.4 is 10.2 Å². The second kappa shape index (κ2) is 8.51. The molecule has 0 spiro atoms. The van der Waals surface area contributed by atoms with Crippen LogP contribution in [0.1, 0.15) is 23.2 Å². The molecular weight excluding hydrogens is 388 g/mol. The minimum absolute atomic E-state index is 0.0465. The normalized spacial score (nSPS) is 17.0. The molecule has 1 amide bonds. The van der Waals surface area contributed by atoms with E-state index in [1.165, 1.54) is 18.5 Å². The molecule has 1 aliphatic carbocycles. The number of piperazine rings is 1. The van der Waals surface area contributed by atoms with Crippen LogP contribution in [-0.4, -0.2) is 65.8 Å². The van der Waals surface area contributed by atoms with Crippen LogP contribution in [0.5, 0.6) is 0 Å². The van der Waals surface area contributed by atoms with E-state index in [2.05, 4.69) is 61.6 Å². The molecule has 2 fully saturated rings. The smallest absolute Gasteiger partial charge is 0.251 e. The summed E-state index contributed by atoms with van der Waals surface area (Å²) in [4.78, 5) is 21.6. The lowest BCUT2D eigenvalue weighted by molar-refractivity contribution is 0.0951. The zero-order chi connectivity index (χ0) is 21.2. The molecule has 31 heavy (non-hydrogen) atoms. The highest BCUT2D eigenvalue weighted by atomic mass is 16.1. The molecule has 1 saturated carbocycles. The Morgan fingerprint density at radius 3 is 2.58 bits per heavy atom. The summed E-state index contributed by atoms with van der Waals surface area (Å²) in [6.45, 7) is 5.05. The molecule has 2 aliphatic rings. The Bertz CT molecular complexity index is 1050. The molecular formula is C24H28N6O. The zero-order valence-electron chi connectivity index (χ0n) is 17.8. The molecule has 0 atom stereocenters. The van der Waals surface area contributed by atoms with Gasteiger partial charge in [-0.2, -0.15) is 5.10 Å². The van der Waals surface area contributed by atoms with Crippen LogP contribution in [0.4, 0.5) is 5.69 Å². The average Bonchev–Trinajstić information content (AvgIpc) is 3.51. The number of nitrogens with zero attached hydrogens (tertiary/aromatic N) is 4. The molecule has 3 aromatic rings. The fourth-order valence-corrected chi connectivity index (χ4v) is 3.89. The number of rotatable bonds is 6. The number of anilines is 1. The minimum atomic E-state index is -0.0465. The molecule has 1 aromatic carbocycles. The first-order valence-corrected chi connectivity index (χ1v) is 11.0. The van der Waals surface area contributed by atoms with Crippen molar-refractivity contribution in [2.45, 2.75) is 12.8 Å². The summed E-state index contributed by atoms with van der Waals surface area (Å²) in [6, 6.07) is 14.1. The Labute approximate surface area is 182 Å². The number of aromatic amines is 1. The van der Waals surface area contributed by atoms with Gasteiger partial charge in [0.05, 0.1) is 17.1 Å². The molecule has 3 heterocycles. The number of pyridine rings is 1. The SMILES string of the molecule is CN1CCN(c2ccc(-c3cc(-c4cc(C(=O)NCC5CC5)ccn4)[nH]n3)cc2)CC1. The number of nitrogens with one attached hydrogen (secondary N) is 2. The highest BCUT2D eigenvalue weighted by Gasteiger charge is 2.22. The van der Waals surface area contributed by atoms with Gasteiger partial charge in [0.15, 0.2) is 0 Å². The summed E-state index contributed by atoms with van der Waals surface area (Å²) < 4.78 is 0. The summed E-state index contributed by atoms with van der Waals surface area (Å²) >= 11 is 0. The lowest BCUT2D eigenvalue weighted by Crippen LogP contribution is -2.44. The Kier molecular flexibility index (Phi) is 5.42. The van der Waals surface area contributed by atoms with E-state index in [0.717, 1.165) is 49.7 Å². The lowest BCUT2D eigenvalue weighted by Gasteiger charge is -2.34. The highest BCUT2D eigenvalue weighted by molar-refractivity contribution is 5.95. The number of H-pyrrole nitrogens is 1. The fourth-order valence-electron chi connectivity index (χ4n) is 3.89. The summed E-state index contributed by atoms with van der Waals surface area (Å²) in [5, 5.41) is 10.5. The number of likely N-dealkylation sites (N-methyl/N-ethyl adjacent to an activating group) is 1. The van der Waals surface area contributed by atoms with Gasteiger partial charge in [-0.15, -0.1) is 0 Å². The first-order valence-electron chi connectivity index (χ1n) is 11.0. The largest absolute Gasteiger partial charge is 0.369 e. The summed E-state index contributed by atoms with van der Waals surface area (Å²) in [5.74, 6) is 0.609. The van der Waals surface area contributed by atoms with Gasteiger partial charge in [-0.3, -0.25) is 14.9 Å². The van der Waals surface area contributed by atoms with Crippen LogP contribution in [-0.2, 0) is 0 Å². The van der Waals surface area contributed by atoms with Crippen molar-refractivity contribution in [2.75, 3.05) is 44.7 Å². The number of benzene rings is 1. The molecule has 0 bridgehead atoms. The monoisotopic (exact) mass is 416 g/mol. The van der Waals surface area contributed by atoms with E-state index in [0.29, 0.717) is 17.2 Å². The van der Waals surface area contributed by atoms with E-state index in [-0.39, 0.29) is 5.91 Å². The van der Waals surface area contributed by atoms with E-state index >= 15 is 0 Å². The van der Waals surface area contributed by atoms with E-state index in [4.69, 9.17) is 0 Å². The standard InChI is InChI=1S/C24H28N6O/c1-29-10-12-30(13-11-29)20-6-4-18(5-7-20)21-15-23(28-27-21)22-14-19(8-9-25-22)24(31)26-16-17-2-3-17/h4-9,14-15,17H,2-3,10-13,16H2,1H3,(H,26,31)(H,27,28). The molecule has 1 aliphatic heterocycles. The maximum atomic E-state index is 12.4.